The van der Waals surface area contributed by atoms with Crippen LogP contribution in [0.1, 0.15) is 53.3 Å². The molecule has 0 bridgehead atoms. The molecule has 180 valence electrons. The Kier molecular flexibility index (Phi) is 8.11. The van der Waals surface area contributed by atoms with E-state index in [1.165, 1.54) is 41.7 Å². The lowest BCUT2D eigenvalue weighted by Crippen LogP contribution is -2.35. The van der Waals surface area contributed by atoms with Crippen LogP contribution >= 0.6 is 11.3 Å². The molecule has 34 heavy (non-hydrogen) atoms. The molecule has 3 rings (SSSR count). The van der Waals surface area contributed by atoms with Crippen molar-refractivity contribution >= 4 is 33.3 Å². The maximum atomic E-state index is 12.9. The summed E-state index contributed by atoms with van der Waals surface area (Å²) in [6.07, 6.45) is -0.395. The van der Waals surface area contributed by atoms with Crippen LogP contribution in [-0.2, 0) is 21.4 Å². The van der Waals surface area contributed by atoms with Gasteiger partial charge in [0, 0.05) is 12.6 Å². The van der Waals surface area contributed by atoms with Crippen molar-refractivity contribution < 1.29 is 26.9 Å². The van der Waals surface area contributed by atoms with Gasteiger partial charge in [0.25, 0.3) is 5.91 Å². The van der Waals surface area contributed by atoms with Gasteiger partial charge in [-0.05, 0) is 69.0 Å². The Labute approximate surface area is 204 Å². The van der Waals surface area contributed by atoms with Crippen LogP contribution in [0.4, 0.5) is 0 Å². The summed E-state index contributed by atoms with van der Waals surface area (Å²) >= 11 is 1.39. The Balaban J connectivity index is 1.77. The molecular formula is C25H27NO6S2. The molecule has 0 aliphatic rings. The van der Waals surface area contributed by atoms with Crippen molar-refractivity contribution in [1.82, 2.24) is 4.90 Å². The lowest BCUT2D eigenvalue weighted by Gasteiger charge is -2.26. The Morgan fingerprint density at radius 2 is 1.62 bits per heavy atom. The van der Waals surface area contributed by atoms with Gasteiger partial charge in [-0.25, -0.2) is 4.79 Å². The summed E-state index contributed by atoms with van der Waals surface area (Å²) in [7, 11) is -4.28. The van der Waals surface area contributed by atoms with E-state index in [1.807, 2.05) is 25.3 Å². The predicted molar refractivity (Wildman–Crippen MR) is 131 cm³/mol. The predicted octanol–water partition coefficient (Wildman–Crippen LogP) is 5.13. The van der Waals surface area contributed by atoms with Gasteiger partial charge in [0.2, 0.25) is 0 Å². The third-order valence-electron chi connectivity index (χ3n) is 4.82. The van der Waals surface area contributed by atoms with Crippen LogP contribution in [0, 0.1) is 0 Å². The number of carbonyl (C=O) groups is 2. The monoisotopic (exact) mass is 501 g/mol. The fraction of sp³-hybridized carbons (Fsp3) is 0.280. The van der Waals surface area contributed by atoms with Crippen LogP contribution < -0.4 is 4.18 Å². The molecule has 0 fully saturated rings. The molecule has 0 atom stereocenters. The SMILES string of the molecule is CC(C)OC(=O)c1ccccc1S(=O)(=O)Oc1ccc(CN(C(=O)c2cccs2)C(C)C)cc1. The molecule has 9 heteroatoms. The van der Waals surface area contributed by atoms with Crippen molar-refractivity contribution in [1.29, 1.82) is 0 Å². The largest absolute Gasteiger partial charge is 0.459 e. The van der Waals surface area contributed by atoms with Gasteiger partial charge < -0.3 is 13.8 Å². The molecule has 0 spiro atoms. The molecule has 2 aromatic carbocycles. The Morgan fingerprint density at radius 3 is 2.21 bits per heavy atom. The zero-order chi connectivity index (χ0) is 24.9. The summed E-state index contributed by atoms with van der Waals surface area (Å²) in [5.74, 6) is -0.702. The van der Waals surface area contributed by atoms with Gasteiger partial charge in [-0.15, -0.1) is 11.3 Å². The lowest BCUT2D eigenvalue weighted by molar-refractivity contribution is 0.0372. The van der Waals surface area contributed by atoms with Crippen molar-refractivity contribution in [2.75, 3.05) is 0 Å². The van der Waals surface area contributed by atoms with E-state index in [1.54, 1.807) is 43.0 Å². The number of thiophene rings is 1. The van der Waals surface area contributed by atoms with Crippen molar-refractivity contribution in [2.45, 2.75) is 51.3 Å². The molecule has 0 aliphatic heterocycles. The number of rotatable bonds is 9. The first kappa shape index (κ1) is 25.5. The molecule has 0 aliphatic carbocycles. The van der Waals surface area contributed by atoms with Crippen molar-refractivity contribution in [3.8, 4) is 5.75 Å². The highest BCUT2D eigenvalue weighted by Crippen LogP contribution is 2.24. The zero-order valence-electron chi connectivity index (χ0n) is 19.4. The molecule has 3 aromatic rings. The average molecular weight is 502 g/mol. The third kappa shape index (κ3) is 6.24. The number of esters is 1. The van der Waals surface area contributed by atoms with Gasteiger partial charge >= 0.3 is 16.1 Å². The van der Waals surface area contributed by atoms with Gasteiger partial charge in [-0.3, -0.25) is 4.79 Å². The fourth-order valence-corrected chi connectivity index (χ4v) is 4.98. The van der Waals surface area contributed by atoms with E-state index in [4.69, 9.17) is 8.92 Å². The number of hydrogen-bond acceptors (Lipinski definition) is 7. The van der Waals surface area contributed by atoms with Gasteiger partial charge in [-0.1, -0.05) is 30.3 Å². The van der Waals surface area contributed by atoms with E-state index in [9.17, 15) is 18.0 Å². The van der Waals surface area contributed by atoms with E-state index in [2.05, 4.69) is 0 Å². The molecule has 7 nitrogen and oxygen atoms in total. The average Bonchev–Trinajstić information content (AvgIpc) is 3.32. The summed E-state index contributed by atoms with van der Waals surface area (Å²) in [5.41, 5.74) is 0.733. The zero-order valence-corrected chi connectivity index (χ0v) is 21.1. The molecule has 0 unspecified atom stereocenters. The molecule has 0 saturated carbocycles. The first-order valence-electron chi connectivity index (χ1n) is 10.8. The number of amides is 1. The number of carbonyl (C=O) groups excluding carboxylic acids is 2. The summed E-state index contributed by atoms with van der Waals surface area (Å²) < 4.78 is 36.2. The summed E-state index contributed by atoms with van der Waals surface area (Å²) in [4.78, 5) is 27.3. The lowest BCUT2D eigenvalue weighted by atomic mass is 10.1. The van der Waals surface area contributed by atoms with Crippen molar-refractivity contribution in [2.24, 2.45) is 0 Å². The van der Waals surface area contributed by atoms with Crippen molar-refractivity contribution in [3.63, 3.8) is 0 Å². The van der Waals surface area contributed by atoms with Gasteiger partial charge in [-0.2, -0.15) is 8.42 Å². The number of hydrogen-bond donors (Lipinski definition) is 0. The Bertz CT molecular complexity index is 1230. The molecule has 0 radical (unpaired) electrons. The summed E-state index contributed by atoms with van der Waals surface area (Å²) in [5, 5.41) is 1.86. The van der Waals surface area contributed by atoms with E-state index < -0.39 is 22.2 Å². The number of nitrogens with zero attached hydrogens (tertiary/aromatic N) is 1. The second-order valence-electron chi connectivity index (χ2n) is 8.14. The molecule has 1 aromatic heterocycles. The van der Waals surface area contributed by atoms with Crippen LogP contribution in [0.15, 0.2) is 70.9 Å². The second-order valence-corrected chi connectivity index (χ2v) is 10.6. The van der Waals surface area contributed by atoms with E-state index >= 15 is 0 Å². The van der Waals surface area contributed by atoms with Gasteiger partial charge in [0.15, 0.2) is 0 Å². The smallest absolute Gasteiger partial charge is 0.340 e. The van der Waals surface area contributed by atoms with Crippen LogP contribution in [0.5, 0.6) is 5.75 Å². The first-order chi connectivity index (χ1) is 16.1. The minimum absolute atomic E-state index is 0.0204. The standard InChI is InChI=1S/C25H27NO6S2/c1-17(2)26(24(27)22-9-7-15-33-22)16-19-11-13-20(14-12-19)32-34(29,30)23-10-6-5-8-21(23)25(28)31-18(3)4/h5-15,17-18H,16H2,1-4H3. The van der Waals surface area contributed by atoms with Gasteiger partial charge in [0.05, 0.1) is 16.5 Å². The summed E-state index contributed by atoms with van der Waals surface area (Å²) in [6, 6.07) is 15.8. The van der Waals surface area contributed by atoms with E-state index in [0.29, 0.717) is 11.4 Å². The first-order valence-corrected chi connectivity index (χ1v) is 13.0. The maximum absolute atomic E-state index is 12.9. The van der Waals surface area contributed by atoms with E-state index in [0.717, 1.165) is 5.56 Å². The minimum atomic E-state index is -4.28. The van der Waals surface area contributed by atoms with Crippen LogP contribution in [0.2, 0.25) is 0 Å². The minimum Gasteiger partial charge on any atom is -0.459 e. The highest BCUT2D eigenvalue weighted by atomic mass is 32.2. The highest BCUT2D eigenvalue weighted by Gasteiger charge is 2.26. The number of ether oxygens (including phenoxy) is 1. The molecule has 0 saturated heterocycles. The molecule has 1 amide bonds. The number of benzene rings is 2. The maximum Gasteiger partial charge on any atom is 0.340 e. The van der Waals surface area contributed by atoms with Crippen LogP contribution in [-0.4, -0.2) is 37.3 Å². The molecule has 0 N–H and O–H groups in total. The van der Waals surface area contributed by atoms with Crippen LogP contribution in [0.25, 0.3) is 0 Å². The van der Waals surface area contributed by atoms with Crippen molar-refractivity contribution in [3.05, 3.63) is 82.0 Å². The Morgan fingerprint density at radius 1 is 0.941 bits per heavy atom. The summed E-state index contributed by atoms with van der Waals surface area (Å²) in [6.45, 7) is 7.61. The highest BCUT2D eigenvalue weighted by molar-refractivity contribution is 7.87. The van der Waals surface area contributed by atoms with Crippen LogP contribution in [0.3, 0.4) is 0 Å². The second kappa shape index (κ2) is 10.8. The quantitative estimate of drug-likeness (QED) is 0.298. The topological polar surface area (TPSA) is 90.0 Å². The Hall–Kier alpha value is -3.17. The normalized spacial score (nSPS) is 11.5. The van der Waals surface area contributed by atoms with E-state index in [-0.39, 0.29) is 28.2 Å². The molecule has 1 heterocycles. The molecular weight excluding hydrogens is 474 g/mol. The van der Waals surface area contributed by atoms with Gasteiger partial charge in [0.1, 0.15) is 10.6 Å². The fourth-order valence-electron chi connectivity index (χ4n) is 3.18. The third-order valence-corrected chi connectivity index (χ3v) is 6.98.